The molecule has 0 aliphatic rings. The first-order chi connectivity index (χ1) is 8.99. The molecule has 0 heterocycles. The fraction of sp³-hybridized carbons (Fsp3) is 0.143. The minimum atomic E-state index is -0.307. The highest BCUT2D eigenvalue weighted by atomic mass is 79.9. The lowest BCUT2D eigenvalue weighted by molar-refractivity contribution is 0.621. The van der Waals surface area contributed by atoms with E-state index >= 15 is 0 Å². The maximum Gasteiger partial charge on any atom is 0.139 e. The number of rotatable bonds is 3. The van der Waals surface area contributed by atoms with E-state index in [-0.39, 0.29) is 5.82 Å². The third-order valence-corrected chi connectivity index (χ3v) is 4.10. The summed E-state index contributed by atoms with van der Waals surface area (Å²) in [4.78, 5) is 0. The van der Waals surface area contributed by atoms with Crippen molar-refractivity contribution in [3.63, 3.8) is 0 Å². The van der Waals surface area contributed by atoms with Crippen LogP contribution in [0.4, 0.5) is 10.1 Å². The second-order valence-electron chi connectivity index (χ2n) is 4.14. The predicted molar refractivity (Wildman–Crippen MR) is 82.6 cm³/mol. The summed E-state index contributed by atoms with van der Waals surface area (Å²) in [5, 5.41) is 4.33. The molecular formula is C14H11BrCl2FN. The standard InChI is InChI=1S/C14H11BrCl2FN/c1-8-5-10(15)13(18)6-14(8)19-7-9-11(16)3-2-4-12(9)17/h2-6,19H,7H2,1H3. The number of aryl methyl sites for hydroxylation is 1. The fourth-order valence-corrected chi connectivity index (χ4v) is 2.71. The molecule has 0 amide bonds. The Bertz CT molecular complexity index is 596. The molecule has 5 heteroatoms. The van der Waals surface area contributed by atoms with Crippen molar-refractivity contribution in [2.75, 3.05) is 5.32 Å². The van der Waals surface area contributed by atoms with Crippen LogP contribution in [0.2, 0.25) is 10.0 Å². The topological polar surface area (TPSA) is 12.0 Å². The number of benzene rings is 2. The highest BCUT2D eigenvalue weighted by molar-refractivity contribution is 9.10. The van der Waals surface area contributed by atoms with Gasteiger partial charge in [0, 0.05) is 27.8 Å². The monoisotopic (exact) mass is 361 g/mol. The Morgan fingerprint density at radius 1 is 1.21 bits per heavy atom. The van der Waals surface area contributed by atoms with Crippen LogP contribution < -0.4 is 5.32 Å². The van der Waals surface area contributed by atoms with Crippen LogP contribution in [0.5, 0.6) is 0 Å². The van der Waals surface area contributed by atoms with Gasteiger partial charge in [-0.25, -0.2) is 4.39 Å². The summed E-state index contributed by atoms with van der Waals surface area (Å²) in [5.41, 5.74) is 2.46. The van der Waals surface area contributed by atoms with Gasteiger partial charge in [0.15, 0.2) is 0 Å². The van der Waals surface area contributed by atoms with E-state index in [2.05, 4.69) is 21.2 Å². The van der Waals surface area contributed by atoms with Crippen LogP contribution in [0.25, 0.3) is 0 Å². The molecule has 0 aromatic heterocycles. The lowest BCUT2D eigenvalue weighted by Gasteiger charge is -2.12. The van der Waals surface area contributed by atoms with E-state index in [4.69, 9.17) is 23.2 Å². The van der Waals surface area contributed by atoms with Gasteiger partial charge in [-0.15, -0.1) is 0 Å². The van der Waals surface area contributed by atoms with E-state index in [9.17, 15) is 4.39 Å². The van der Waals surface area contributed by atoms with Gasteiger partial charge >= 0.3 is 0 Å². The molecule has 0 spiro atoms. The summed E-state index contributed by atoms with van der Waals surface area (Å²) >= 11 is 15.3. The highest BCUT2D eigenvalue weighted by Gasteiger charge is 2.08. The van der Waals surface area contributed by atoms with Crippen molar-refractivity contribution >= 4 is 44.8 Å². The maximum atomic E-state index is 13.5. The minimum absolute atomic E-state index is 0.307. The summed E-state index contributed by atoms with van der Waals surface area (Å²) in [6.45, 7) is 2.35. The number of hydrogen-bond donors (Lipinski definition) is 1. The van der Waals surface area contributed by atoms with Crippen molar-refractivity contribution in [1.82, 2.24) is 0 Å². The summed E-state index contributed by atoms with van der Waals surface area (Å²) in [5.74, 6) is -0.307. The van der Waals surface area contributed by atoms with Crippen molar-refractivity contribution in [2.24, 2.45) is 0 Å². The Labute approximate surface area is 129 Å². The van der Waals surface area contributed by atoms with Gasteiger partial charge in [0.05, 0.1) is 4.47 Å². The van der Waals surface area contributed by atoms with E-state index in [1.807, 2.05) is 6.92 Å². The first-order valence-electron chi connectivity index (χ1n) is 5.61. The molecule has 0 atom stereocenters. The average Bonchev–Trinajstić information content (AvgIpc) is 2.34. The second kappa shape index (κ2) is 6.12. The lowest BCUT2D eigenvalue weighted by Crippen LogP contribution is -2.03. The van der Waals surface area contributed by atoms with Crippen molar-refractivity contribution < 1.29 is 4.39 Å². The molecule has 1 nitrogen and oxygen atoms in total. The number of halogens is 4. The van der Waals surface area contributed by atoms with E-state index in [0.717, 1.165) is 16.8 Å². The lowest BCUT2D eigenvalue weighted by atomic mass is 10.1. The van der Waals surface area contributed by atoms with Crippen LogP contribution >= 0.6 is 39.1 Å². The van der Waals surface area contributed by atoms with Gasteiger partial charge in [-0.2, -0.15) is 0 Å². The smallest absolute Gasteiger partial charge is 0.139 e. The SMILES string of the molecule is Cc1cc(Br)c(F)cc1NCc1c(Cl)cccc1Cl. The van der Waals surface area contributed by atoms with Gasteiger partial charge in [0.2, 0.25) is 0 Å². The molecule has 2 aromatic rings. The van der Waals surface area contributed by atoms with Crippen LogP contribution in [0.15, 0.2) is 34.8 Å². The van der Waals surface area contributed by atoms with Crippen molar-refractivity contribution in [3.8, 4) is 0 Å². The quantitative estimate of drug-likeness (QED) is 0.725. The molecular weight excluding hydrogens is 352 g/mol. The molecule has 2 aromatic carbocycles. The number of nitrogens with one attached hydrogen (secondary N) is 1. The Balaban J connectivity index is 2.22. The molecule has 0 saturated carbocycles. The summed E-state index contributed by atoms with van der Waals surface area (Å²) < 4.78 is 14.0. The summed E-state index contributed by atoms with van der Waals surface area (Å²) in [7, 11) is 0. The van der Waals surface area contributed by atoms with Gasteiger partial charge in [0.25, 0.3) is 0 Å². The van der Waals surface area contributed by atoms with Gasteiger partial charge in [-0.05, 0) is 52.7 Å². The number of hydrogen-bond acceptors (Lipinski definition) is 1. The second-order valence-corrected chi connectivity index (χ2v) is 5.80. The normalized spacial score (nSPS) is 10.6. The Hall–Kier alpha value is -0.770. The van der Waals surface area contributed by atoms with Gasteiger partial charge in [-0.3, -0.25) is 0 Å². The zero-order chi connectivity index (χ0) is 14.0. The largest absolute Gasteiger partial charge is 0.381 e. The molecule has 0 unspecified atom stereocenters. The van der Waals surface area contributed by atoms with Gasteiger partial charge in [-0.1, -0.05) is 29.3 Å². The Kier molecular flexibility index (Phi) is 4.71. The van der Waals surface area contributed by atoms with Gasteiger partial charge < -0.3 is 5.32 Å². The molecule has 1 N–H and O–H groups in total. The van der Waals surface area contributed by atoms with Crippen molar-refractivity contribution in [3.05, 3.63) is 61.8 Å². The third-order valence-electron chi connectivity index (χ3n) is 2.78. The molecule has 19 heavy (non-hydrogen) atoms. The van der Waals surface area contributed by atoms with Crippen LogP contribution in [0.1, 0.15) is 11.1 Å². The summed E-state index contributed by atoms with van der Waals surface area (Å²) in [6, 6.07) is 8.52. The Morgan fingerprint density at radius 2 is 1.84 bits per heavy atom. The molecule has 100 valence electrons. The fourth-order valence-electron chi connectivity index (χ4n) is 1.72. The summed E-state index contributed by atoms with van der Waals surface area (Å²) in [6.07, 6.45) is 0. The zero-order valence-corrected chi connectivity index (χ0v) is 13.2. The van der Waals surface area contributed by atoms with E-state index in [0.29, 0.717) is 21.1 Å². The van der Waals surface area contributed by atoms with Gasteiger partial charge in [0.1, 0.15) is 5.82 Å². The third kappa shape index (κ3) is 3.41. The molecule has 0 saturated heterocycles. The van der Waals surface area contributed by atoms with E-state index in [1.165, 1.54) is 6.07 Å². The molecule has 0 aliphatic carbocycles. The average molecular weight is 363 g/mol. The van der Waals surface area contributed by atoms with Crippen LogP contribution in [-0.2, 0) is 6.54 Å². The Morgan fingerprint density at radius 3 is 2.47 bits per heavy atom. The zero-order valence-electron chi connectivity index (χ0n) is 10.1. The molecule has 2 rings (SSSR count). The predicted octanol–water partition coefficient (Wildman–Crippen LogP) is 5.82. The van der Waals surface area contributed by atoms with E-state index < -0.39 is 0 Å². The number of anilines is 1. The molecule has 0 bridgehead atoms. The first kappa shape index (κ1) is 14.6. The minimum Gasteiger partial charge on any atom is -0.381 e. The highest BCUT2D eigenvalue weighted by Crippen LogP contribution is 2.27. The molecule has 0 aliphatic heterocycles. The maximum absolute atomic E-state index is 13.5. The first-order valence-corrected chi connectivity index (χ1v) is 7.16. The van der Waals surface area contributed by atoms with Crippen molar-refractivity contribution in [2.45, 2.75) is 13.5 Å². The molecule has 0 fully saturated rings. The van der Waals surface area contributed by atoms with Crippen LogP contribution in [0, 0.1) is 12.7 Å². The van der Waals surface area contributed by atoms with Crippen LogP contribution in [0.3, 0.4) is 0 Å². The van der Waals surface area contributed by atoms with Crippen molar-refractivity contribution in [1.29, 1.82) is 0 Å². The van der Waals surface area contributed by atoms with Crippen LogP contribution in [-0.4, -0.2) is 0 Å². The van der Waals surface area contributed by atoms with E-state index in [1.54, 1.807) is 24.3 Å². The molecule has 0 radical (unpaired) electrons.